The van der Waals surface area contributed by atoms with Crippen LogP contribution in [0.3, 0.4) is 0 Å². The summed E-state index contributed by atoms with van der Waals surface area (Å²) in [6.45, 7) is 7.76. The molecule has 0 radical (unpaired) electrons. The Labute approximate surface area is 76.0 Å². The monoisotopic (exact) mass is 167 g/mol. The van der Waals surface area contributed by atoms with Crippen LogP contribution in [0.25, 0.3) is 0 Å². The van der Waals surface area contributed by atoms with Crippen molar-refractivity contribution in [2.75, 3.05) is 6.54 Å². The fraction of sp³-hybridized carbons (Fsp3) is 0.818. The zero-order valence-electron chi connectivity index (χ0n) is 8.56. The Hall–Kier alpha value is -0.300. The minimum atomic E-state index is 0.547. The van der Waals surface area contributed by atoms with Crippen LogP contribution in [-0.4, -0.2) is 6.54 Å². The van der Waals surface area contributed by atoms with Crippen LogP contribution in [0.4, 0.5) is 0 Å². The van der Waals surface area contributed by atoms with Crippen LogP contribution in [0.2, 0.25) is 0 Å². The average Bonchev–Trinajstić information content (AvgIpc) is 1.94. The van der Waals surface area contributed by atoms with Crippen molar-refractivity contribution in [1.29, 1.82) is 0 Å². The fourth-order valence-corrected chi connectivity index (χ4v) is 2.25. The average molecular weight is 167 g/mol. The highest BCUT2D eigenvalue weighted by Gasteiger charge is 2.27. The van der Waals surface area contributed by atoms with E-state index >= 15 is 0 Å². The first-order chi connectivity index (χ1) is 5.55. The molecule has 0 amide bonds. The molecule has 1 fully saturated rings. The van der Waals surface area contributed by atoms with Crippen LogP contribution in [0.5, 0.6) is 0 Å². The number of hydrogen-bond donors (Lipinski definition) is 1. The van der Waals surface area contributed by atoms with Crippen LogP contribution < -0.4 is 5.73 Å². The van der Waals surface area contributed by atoms with Gasteiger partial charge in [-0.25, -0.2) is 0 Å². The van der Waals surface area contributed by atoms with Gasteiger partial charge in [-0.2, -0.15) is 0 Å². The highest BCUT2D eigenvalue weighted by Crippen LogP contribution is 2.40. The first kappa shape index (κ1) is 9.79. The van der Waals surface area contributed by atoms with E-state index in [1.54, 1.807) is 5.57 Å². The predicted molar refractivity (Wildman–Crippen MR) is 53.9 cm³/mol. The van der Waals surface area contributed by atoms with Gasteiger partial charge >= 0.3 is 0 Å². The summed E-state index contributed by atoms with van der Waals surface area (Å²) in [5, 5.41) is 0. The summed E-state index contributed by atoms with van der Waals surface area (Å²) in [6.07, 6.45) is 6.10. The van der Waals surface area contributed by atoms with Gasteiger partial charge in [0.1, 0.15) is 0 Å². The predicted octanol–water partition coefficient (Wildman–Crippen LogP) is 2.72. The third kappa shape index (κ3) is 2.34. The number of allylic oxidation sites excluding steroid dienone is 1. The van der Waals surface area contributed by atoms with Crippen molar-refractivity contribution in [2.24, 2.45) is 17.1 Å². The smallest absolute Gasteiger partial charge is 0.0109 e. The van der Waals surface area contributed by atoms with E-state index in [1.807, 2.05) is 0 Å². The van der Waals surface area contributed by atoms with Gasteiger partial charge in [-0.15, -0.1) is 0 Å². The molecule has 12 heavy (non-hydrogen) atoms. The van der Waals surface area contributed by atoms with Gasteiger partial charge in [0.15, 0.2) is 0 Å². The molecular formula is C11H21N. The largest absolute Gasteiger partial charge is 0.327 e. The van der Waals surface area contributed by atoms with E-state index in [0.717, 1.165) is 5.92 Å². The molecule has 0 spiro atoms. The summed E-state index contributed by atoms with van der Waals surface area (Å²) < 4.78 is 0. The summed E-state index contributed by atoms with van der Waals surface area (Å²) in [5.74, 6) is 0.747. The first-order valence-corrected chi connectivity index (χ1v) is 4.94. The molecule has 0 aliphatic heterocycles. The maximum Gasteiger partial charge on any atom is 0.0109 e. The van der Waals surface area contributed by atoms with Crippen molar-refractivity contribution in [3.05, 3.63) is 11.6 Å². The van der Waals surface area contributed by atoms with E-state index in [1.165, 1.54) is 19.3 Å². The van der Waals surface area contributed by atoms with E-state index in [2.05, 4.69) is 26.8 Å². The van der Waals surface area contributed by atoms with Crippen molar-refractivity contribution >= 4 is 0 Å². The maximum atomic E-state index is 5.51. The normalized spacial score (nSPS) is 32.3. The highest BCUT2D eigenvalue weighted by molar-refractivity contribution is 5.10. The summed E-state index contributed by atoms with van der Waals surface area (Å²) in [6, 6.07) is 0. The lowest BCUT2D eigenvalue weighted by Gasteiger charge is -2.35. The van der Waals surface area contributed by atoms with Crippen molar-refractivity contribution < 1.29 is 0 Å². The third-order valence-electron chi connectivity index (χ3n) is 2.96. The molecule has 1 rings (SSSR count). The van der Waals surface area contributed by atoms with Crippen molar-refractivity contribution in [3.8, 4) is 0 Å². The Balaban J connectivity index is 2.60. The van der Waals surface area contributed by atoms with Crippen molar-refractivity contribution in [1.82, 2.24) is 0 Å². The maximum absolute atomic E-state index is 5.51. The van der Waals surface area contributed by atoms with E-state index in [9.17, 15) is 0 Å². The van der Waals surface area contributed by atoms with E-state index in [0.29, 0.717) is 12.0 Å². The van der Waals surface area contributed by atoms with Gasteiger partial charge in [0, 0.05) is 6.54 Å². The van der Waals surface area contributed by atoms with Crippen molar-refractivity contribution in [3.63, 3.8) is 0 Å². The van der Waals surface area contributed by atoms with Gasteiger partial charge in [-0.3, -0.25) is 0 Å². The van der Waals surface area contributed by atoms with Crippen molar-refractivity contribution in [2.45, 2.75) is 40.0 Å². The molecule has 1 nitrogen and oxygen atoms in total. The second kappa shape index (κ2) is 3.61. The minimum Gasteiger partial charge on any atom is -0.327 e. The summed E-state index contributed by atoms with van der Waals surface area (Å²) in [5.41, 5.74) is 7.64. The molecule has 0 aromatic rings. The zero-order chi connectivity index (χ0) is 9.19. The molecule has 0 heterocycles. The fourth-order valence-electron chi connectivity index (χ4n) is 2.25. The molecule has 2 N–H and O–H groups in total. The molecule has 1 aliphatic carbocycles. The molecule has 70 valence electrons. The quantitative estimate of drug-likeness (QED) is 0.597. The standard InChI is InChI=1S/C11H21N/c1-9-8-11(2,3)6-4-10(9)5-7-12/h5,9H,4,6-8,12H2,1-3H3. The van der Waals surface area contributed by atoms with Crippen LogP contribution in [-0.2, 0) is 0 Å². The molecule has 1 heteroatoms. The highest BCUT2D eigenvalue weighted by atomic mass is 14.5. The Bertz CT molecular complexity index is 179. The topological polar surface area (TPSA) is 26.0 Å². The molecule has 0 aromatic carbocycles. The summed E-state index contributed by atoms with van der Waals surface area (Å²) >= 11 is 0. The Morgan fingerprint density at radius 2 is 2.25 bits per heavy atom. The van der Waals surface area contributed by atoms with Gasteiger partial charge in [-0.1, -0.05) is 32.4 Å². The van der Waals surface area contributed by atoms with E-state index < -0.39 is 0 Å². The van der Waals surface area contributed by atoms with Crippen LogP contribution in [0, 0.1) is 11.3 Å². The Morgan fingerprint density at radius 3 is 2.75 bits per heavy atom. The third-order valence-corrected chi connectivity index (χ3v) is 2.96. The first-order valence-electron chi connectivity index (χ1n) is 4.94. The van der Waals surface area contributed by atoms with Crippen LogP contribution in [0.15, 0.2) is 11.6 Å². The van der Waals surface area contributed by atoms with E-state index in [4.69, 9.17) is 5.73 Å². The molecule has 0 aromatic heterocycles. The van der Waals surface area contributed by atoms with Gasteiger partial charge in [0.05, 0.1) is 0 Å². The molecule has 0 bridgehead atoms. The molecule has 1 aliphatic rings. The lowest BCUT2D eigenvalue weighted by molar-refractivity contribution is 0.235. The number of hydrogen-bond acceptors (Lipinski definition) is 1. The molecule has 1 unspecified atom stereocenters. The Morgan fingerprint density at radius 1 is 1.58 bits per heavy atom. The second-order valence-electron chi connectivity index (χ2n) is 4.78. The molecular weight excluding hydrogens is 146 g/mol. The lowest BCUT2D eigenvalue weighted by atomic mass is 9.70. The Kier molecular flexibility index (Phi) is 2.94. The molecule has 1 atom stereocenters. The summed E-state index contributed by atoms with van der Waals surface area (Å²) in [7, 11) is 0. The SMILES string of the molecule is CC1CC(C)(C)CCC1=CCN. The van der Waals surface area contributed by atoms with Crippen LogP contribution >= 0.6 is 0 Å². The molecule has 1 saturated carbocycles. The number of rotatable bonds is 1. The minimum absolute atomic E-state index is 0.547. The van der Waals surface area contributed by atoms with Gasteiger partial charge in [0.25, 0.3) is 0 Å². The lowest BCUT2D eigenvalue weighted by Crippen LogP contribution is -2.23. The van der Waals surface area contributed by atoms with Gasteiger partial charge < -0.3 is 5.73 Å². The van der Waals surface area contributed by atoms with Gasteiger partial charge in [-0.05, 0) is 30.6 Å². The van der Waals surface area contributed by atoms with E-state index in [-0.39, 0.29) is 0 Å². The zero-order valence-corrected chi connectivity index (χ0v) is 8.56. The van der Waals surface area contributed by atoms with Gasteiger partial charge in [0.2, 0.25) is 0 Å². The van der Waals surface area contributed by atoms with Crippen LogP contribution in [0.1, 0.15) is 40.0 Å². The summed E-state index contributed by atoms with van der Waals surface area (Å²) in [4.78, 5) is 0. The number of nitrogens with two attached hydrogens (primary N) is 1. The molecule has 0 saturated heterocycles. The second-order valence-corrected chi connectivity index (χ2v) is 4.78.